The molecule has 0 spiro atoms. The van der Waals surface area contributed by atoms with Gasteiger partial charge in [-0.2, -0.15) is 0 Å². The molecule has 146 valence electrons. The van der Waals surface area contributed by atoms with Crippen molar-refractivity contribution in [1.82, 2.24) is 15.5 Å². The number of aliphatic imine (C=N–C) groups is 1. The Bertz CT molecular complexity index is 558. The highest BCUT2D eigenvalue weighted by molar-refractivity contribution is 5.88. The van der Waals surface area contributed by atoms with Gasteiger partial charge in [-0.3, -0.25) is 14.7 Å². The molecule has 0 radical (unpaired) electrons. The number of hydrogen-bond acceptors (Lipinski definition) is 3. The summed E-state index contributed by atoms with van der Waals surface area (Å²) in [7, 11) is 1.79. The molecule has 1 amide bonds. The van der Waals surface area contributed by atoms with Crippen LogP contribution in [0.4, 0.5) is 5.69 Å². The van der Waals surface area contributed by atoms with Crippen molar-refractivity contribution in [3.63, 3.8) is 0 Å². The summed E-state index contributed by atoms with van der Waals surface area (Å²) in [6, 6.07) is 8.99. The lowest BCUT2D eigenvalue weighted by molar-refractivity contribution is -0.114. The fourth-order valence-electron chi connectivity index (χ4n) is 2.92. The molecule has 6 heteroatoms. The zero-order valence-corrected chi connectivity index (χ0v) is 17.1. The zero-order valence-electron chi connectivity index (χ0n) is 17.1. The lowest BCUT2D eigenvalue weighted by Gasteiger charge is -2.30. The van der Waals surface area contributed by atoms with E-state index >= 15 is 0 Å². The molecule has 0 saturated heterocycles. The van der Waals surface area contributed by atoms with Crippen molar-refractivity contribution in [3.05, 3.63) is 29.8 Å². The quantitative estimate of drug-likeness (QED) is 0.467. The Kier molecular flexibility index (Phi) is 9.73. The first-order valence-corrected chi connectivity index (χ1v) is 9.40. The third-order valence-corrected chi connectivity index (χ3v) is 4.19. The van der Waals surface area contributed by atoms with Gasteiger partial charge < -0.3 is 16.0 Å². The fourth-order valence-corrected chi connectivity index (χ4v) is 2.92. The molecule has 0 aliphatic carbocycles. The van der Waals surface area contributed by atoms with Crippen molar-refractivity contribution in [2.75, 3.05) is 32.0 Å². The summed E-state index contributed by atoms with van der Waals surface area (Å²) < 4.78 is 0. The fraction of sp³-hybridized carbons (Fsp3) is 0.600. The molecular weight excluding hydrogens is 326 g/mol. The Morgan fingerprint density at radius 2 is 1.62 bits per heavy atom. The highest BCUT2D eigenvalue weighted by Gasteiger charge is 2.12. The SMILES string of the molecule is CN=C(NCCc1ccc(NC(C)=O)cc1)NCCN(C(C)C)C(C)C. The number of anilines is 1. The first-order chi connectivity index (χ1) is 12.3. The molecule has 3 N–H and O–H groups in total. The van der Waals surface area contributed by atoms with Crippen LogP contribution in [0.5, 0.6) is 0 Å². The smallest absolute Gasteiger partial charge is 0.221 e. The van der Waals surface area contributed by atoms with Gasteiger partial charge in [-0.1, -0.05) is 12.1 Å². The number of nitrogens with zero attached hydrogens (tertiary/aromatic N) is 2. The number of carbonyl (C=O) groups excluding carboxylic acids is 1. The lowest BCUT2D eigenvalue weighted by atomic mass is 10.1. The van der Waals surface area contributed by atoms with Gasteiger partial charge in [-0.15, -0.1) is 0 Å². The Morgan fingerprint density at radius 1 is 1.04 bits per heavy atom. The van der Waals surface area contributed by atoms with Crippen LogP contribution in [-0.4, -0.2) is 55.5 Å². The first kappa shape index (κ1) is 22.0. The predicted octanol–water partition coefficient (Wildman–Crippen LogP) is 2.47. The van der Waals surface area contributed by atoms with E-state index in [0.29, 0.717) is 12.1 Å². The minimum Gasteiger partial charge on any atom is -0.356 e. The van der Waals surface area contributed by atoms with Gasteiger partial charge in [0.2, 0.25) is 5.91 Å². The molecule has 0 saturated carbocycles. The average molecular weight is 362 g/mol. The molecule has 0 aliphatic rings. The minimum atomic E-state index is -0.0530. The molecule has 0 bridgehead atoms. The average Bonchev–Trinajstić information content (AvgIpc) is 2.57. The molecule has 1 aromatic rings. The molecule has 0 unspecified atom stereocenters. The van der Waals surface area contributed by atoms with E-state index in [9.17, 15) is 4.79 Å². The van der Waals surface area contributed by atoms with Crippen LogP contribution in [0.1, 0.15) is 40.2 Å². The molecule has 0 atom stereocenters. The van der Waals surface area contributed by atoms with Crippen molar-refractivity contribution < 1.29 is 4.79 Å². The molecule has 26 heavy (non-hydrogen) atoms. The van der Waals surface area contributed by atoms with Gasteiger partial charge in [0.15, 0.2) is 5.96 Å². The monoisotopic (exact) mass is 361 g/mol. The second-order valence-electron chi connectivity index (χ2n) is 6.98. The predicted molar refractivity (Wildman–Crippen MR) is 111 cm³/mol. The molecule has 0 heterocycles. The van der Waals surface area contributed by atoms with Gasteiger partial charge in [0.05, 0.1) is 0 Å². The van der Waals surface area contributed by atoms with Gasteiger partial charge in [-0.05, 0) is 51.8 Å². The van der Waals surface area contributed by atoms with Gasteiger partial charge in [0.1, 0.15) is 0 Å². The van der Waals surface area contributed by atoms with E-state index in [1.807, 2.05) is 24.3 Å². The van der Waals surface area contributed by atoms with Gasteiger partial charge in [0, 0.05) is 51.4 Å². The highest BCUT2D eigenvalue weighted by Crippen LogP contribution is 2.09. The highest BCUT2D eigenvalue weighted by atomic mass is 16.1. The summed E-state index contributed by atoms with van der Waals surface area (Å²) in [5, 5.41) is 9.50. The van der Waals surface area contributed by atoms with Crippen molar-refractivity contribution in [1.29, 1.82) is 0 Å². The van der Waals surface area contributed by atoms with Crippen LogP contribution in [0.3, 0.4) is 0 Å². The zero-order chi connectivity index (χ0) is 19.5. The van der Waals surface area contributed by atoms with E-state index in [2.05, 4.69) is 53.5 Å². The van der Waals surface area contributed by atoms with E-state index < -0.39 is 0 Å². The standard InChI is InChI=1S/C20H35N5O/c1-15(2)25(16(3)4)14-13-23-20(21-6)22-12-11-18-7-9-19(10-8-18)24-17(5)26/h7-10,15-16H,11-14H2,1-6H3,(H,24,26)(H2,21,22,23). The Balaban J connectivity index is 2.35. The number of nitrogens with one attached hydrogen (secondary N) is 3. The molecule has 0 aromatic heterocycles. The van der Waals surface area contributed by atoms with Crippen molar-refractivity contribution in [2.24, 2.45) is 4.99 Å². The van der Waals surface area contributed by atoms with E-state index in [1.54, 1.807) is 7.05 Å². The normalized spacial score (nSPS) is 12.0. The van der Waals surface area contributed by atoms with Gasteiger partial charge >= 0.3 is 0 Å². The third-order valence-electron chi connectivity index (χ3n) is 4.19. The molecule has 6 nitrogen and oxygen atoms in total. The largest absolute Gasteiger partial charge is 0.356 e. The molecule has 0 fully saturated rings. The van der Waals surface area contributed by atoms with Crippen LogP contribution >= 0.6 is 0 Å². The second-order valence-corrected chi connectivity index (χ2v) is 6.98. The molecule has 1 rings (SSSR count). The summed E-state index contributed by atoms with van der Waals surface area (Å²) in [5.74, 6) is 0.773. The maximum absolute atomic E-state index is 11.0. The van der Waals surface area contributed by atoms with E-state index in [-0.39, 0.29) is 5.91 Å². The summed E-state index contributed by atoms with van der Waals surface area (Å²) in [6.45, 7) is 13.1. The summed E-state index contributed by atoms with van der Waals surface area (Å²) in [5.41, 5.74) is 2.04. The van der Waals surface area contributed by atoms with Gasteiger partial charge in [0.25, 0.3) is 0 Å². The maximum Gasteiger partial charge on any atom is 0.221 e. The third kappa shape index (κ3) is 8.34. The van der Waals surface area contributed by atoms with Crippen molar-refractivity contribution in [2.45, 2.75) is 53.1 Å². The van der Waals surface area contributed by atoms with Crippen LogP contribution in [0.25, 0.3) is 0 Å². The molecular formula is C20H35N5O. The number of hydrogen-bond donors (Lipinski definition) is 3. The number of amides is 1. The maximum atomic E-state index is 11.0. The Morgan fingerprint density at radius 3 is 2.12 bits per heavy atom. The number of rotatable bonds is 9. The van der Waals surface area contributed by atoms with Crippen LogP contribution in [0, 0.1) is 0 Å². The topological polar surface area (TPSA) is 68.8 Å². The molecule has 1 aromatic carbocycles. The number of guanidine groups is 1. The van der Waals surface area contributed by atoms with Crippen LogP contribution in [-0.2, 0) is 11.2 Å². The van der Waals surface area contributed by atoms with Crippen LogP contribution < -0.4 is 16.0 Å². The van der Waals surface area contributed by atoms with E-state index in [4.69, 9.17) is 0 Å². The van der Waals surface area contributed by atoms with Gasteiger partial charge in [-0.25, -0.2) is 0 Å². The van der Waals surface area contributed by atoms with Crippen molar-refractivity contribution >= 4 is 17.6 Å². The minimum absolute atomic E-state index is 0.0530. The second kappa shape index (κ2) is 11.5. The Labute approximate surface area is 158 Å². The first-order valence-electron chi connectivity index (χ1n) is 9.40. The van der Waals surface area contributed by atoms with Crippen LogP contribution in [0.15, 0.2) is 29.3 Å². The summed E-state index contributed by atoms with van der Waals surface area (Å²) >= 11 is 0. The molecule has 0 aliphatic heterocycles. The van der Waals surface area contributed by atoms with E-state index in [1.165, 1.54) is 12.5 Å². The van der Waals surface area contributed by atoms with Crippen molar-refractivity contribution in [3.8, 4) is 0 Å². The Hall–Kier alpha value is -2.08. The number of carbonyl (C=O) groups is 1. The van der Waals surface area contributed by atoms with Crippen LogP contribution in [0.2, 0.25) is 0 Å². The lowest BCUT2D eigenvalue weighted by Crippen LogP contribution is -2.45. The van der Waals surface area contributed by atoms with E-state index in [0.717, 1.165) is 37.7 Å². The summed E-state index contributed by atoms with van der Waals surface area (Å²) in [6.07, 6.45) is 0.894. The summed E-state index contributed by atoms with van der Waals surface area (Å²) in [4.78, 5) is 17.8. The number of benzene rings is 1.